The first-order valence-electron chi connectivity index (χ1n) is 23.8. The standard InChI is InChI=1S/C45H72O19/c1-18-7-10-45(57-17-18)19(2)30-25(64-45)12-24-22-6-5-20-11-21(8-9-43(20,3)23(22)13-29(49)44(24,30)4)58-40-37(56)35(54)38(28(16-48)61-40)62-42-39(34(53)32(51)27(15-47)60-42)63-41-36(55)33(52)31(50)26(14-46)59-41/h18-28,30-42,46-48,50-56H,5-17H2,1-4H3/t18?,19?,20?,21?,22?,23?,24?,25?,26-,27-,28-,30?,31-,32-,33-,34-,35+,36-,37-,38+,39-,40-,41+,42+,43?,44?,45?/m1/s1. The van der Waals surface area contributed by atoms with Gasteiger partial charge in [-0.15, -0.1) is 0 Å². The lowest BCUT2D eigenvalue weighted by Crippen LogP contribution is -2.67. The van der Waals surface area contributed by atoms with Gasteiger partial charge < -0.3 is 89.0 Å². The van der Waals surface area contributed by atoms with Crippen LogP contribution in [0.5, 0.6) is 0 Å². The van der Waals surface area contributed by atoms with Crippen molar-refractivity contribution in [2.24, 2.45) is 52.3 Å². The van der Waals surface area contributed by atoms with E-state index >= 15 is 0 Å². The molecule has 0 radical (unpaired) electrons. The average molecular weight is 917 g/mol. The minimum atomic E-state index is -1.90. The Labute approximate surface area is 373 Å². The summed E-state index contributed by atoms with van der Waals surface area (Å²) in [5.74, 6) is 1.65. The molecule has 12 unspecified atom stereocenters. The highest BCUT2D eigenvalue weighted by molar-refractivity contribution is 5.87. The van der Waals surface area contributed by atoms with E-state index in [1.54, 1.807) is 0 Å². The summed E-state index contributed by atoms with van der Waals surface area (Å²) in [5.41, 5.74) is -0.557. The first kappa shape index (κ1) is 48.0. The maximum atomic E-state index is 14.6. The second-order valence-electron chi connectivity index (χ2n) is 21.4. The summed E-state index contributed by atoms with van der Waals surface area (Å²) >= 11 is 0. The summed E-state index contributed by atoms with van der Waals surface area (Å²) in [6, 6.07) is 0. The molecule has 1 spiro atoms. The van der Waals surface area contributed by atoms with Crippen LogP contribution >= 0.6 is 0 Å². The lowest BCUT2D eigenvalue weighted by molar-refractivity contribution is -0.390. The number of hydrogen-bond donors (Lipinski definition) is 10. The van der Waals surface area contributed by atoms with Crippen LogP contribution < -0.4 is 0 Å². The highest BCUT2D eigenvalue weighted by atomic mass is 16.8. The number of fused-ring (bicyclic) bond motifs is 7. The van der Waals surface area contributed by atoms with Crippen molar-refractivity contribution in [1.82, 2.24) is 0 Å². The summed E-state index contributed by atoms with van der Waals surface area (Å²) in [6.45, 7) is 7.40. The van der Waals surface area contributed by atoms with E-state index in [2.05, 4.69) is 27.7 Å². The predicted octanol–water partition coefficient (Wildman–Crippen LogP) is -1.55. The van der Waals surface area contributed by atoms with Gasteiger partial charge in [-0.05, 0) is 80.0 Å². The lowest BCUT2D eigenvalue weighted by atomic mass is 9.44. The van der Waals surface area contributed by atoms with Gasteiger partial charge in [-0.25, -0.2) is 0 Å². The summed E-state index contributed by atoms with van der Waals surface area (Å²) in [5, 5.41) is 106. The molecular weight excluding hydrogens is 844 g/mol. The van der Waals surface area contributed by atoms with Crippen LogP contribution in [0.1, 0.15) is 85.5 Å². The zero-order valence-electron chi connectivity index (χ0n) is 37.2. The van der Waals surface area contributed by atoms with E-state index in [4.69, 9.17) is 37.9 Å². The van der Waals surface area contributed by atoms with E-state index in [0.29, 0.717) is 43.5 Å². The topological polar surface area (TPSA) is 293 Å². The van der Waals surface area contributed by atoms with Gasteiger partial charge in [0.15, 0.2) is 24.7 Å². The zero-order chi connectivity index (χ0) is 45.8. The van der Waals surface area contributed by atoms with Gasteiger partial charge in [0.2, 0.25) is 0 Å². The van der Waals surface area contributed by atoms with Crippen molar-refractivity contribution < 1.29 is 93.8 Å². The third-order valence-corrected chi connectivity index (χ3v) is 18.2. The SMILES string of the molecule is CC1CCC2(OC1)OC1CC3C4CCC5CC(O[C@@H]6O[C@H](CO)[C@H](O[C@@H]7O[C@H](CO)[C@@H](O)[C@@H](O)[C@H]7O[C@@H]7O[C@H](CO)[C@@H](O)[C@@H](O)[C@H]7O)[C@@H](O)[C@H]6O)CCC5(C)C4CC(=O)C3(C)C1C2C. The average Bonchev–Trinajstić information content (AvgIpc) is 3.73. The molecule has 5 saturated heterocycles. The molecule has 4 saturated carbocycles. The number of carbonyl (C=O) groups is 1. The molecule has 0 aromatic carbocycles. The lowest BCUT2D eigenvalue weighted by Gasteiger charge is -2.60. The first-order valence-corrected chi connectivity index (χ1v) is 23.8. The Morgan fingerprint density at radius 1 is 0.641 bits per heavy atom. The van der Waals surface area contributed by atoms with E-state index in [9.17, 15) is 55.9 Å². The molecule has 27 atom stereocenters. The van der Waals surface area contributed by atoms with Crippen LogP contribution in [0.25, 0.3) is 0 Å². The van der Waals surface area contributed by atoms with Crippen molar-refractivity contribution in [3.8, 4) is 0 Å². The Hall–Kier alpha value is -1.05. The van der Waals surface area contributed by atoms with Crippen molar-refractivity contribution >= 4 is 5.78 Å². The Bertz CT molecular complexity index is 1650. The van der Waals surface area contributed by atoms with Gasteiger partial charge in [-0.3, -0.25) is 4.79 Å². The second-order valence-corrected chi connectivity index (χ2v) is 21.4. The molecule has 5 aliphatic heterocycles. The maximum Gasteiger partial charge on any atom is 0.187 e. The van der Waals surface area contributed by atoms with Gasteiger partial charge in [-0.1, -0.05) is 27.7 Å². The minimum Gasteiger partial charge on any atom is -0.394 e. The summed E-state index contributed by atoms with van der Waals surface area (Å²) in [6.07, 6.45) is -17.9. The monoisotopic (exact) mass is 916 g/mol. The minimum absolute atomic E-state index is 0.0132. The van der Waals surface area contributed by atoms with Crippen molar-refractivity contribution in [1.29, 1.82) is 0 Å². The number of aliphatic hydroxyl groups is 10. The summed E-state index contributed by atoms with van der Waals surface area (Å²) < 4.78 is 48.7. The number of Topliss-reactive ketones (excluding diaryl/α,β-unsaturated/α-hetero) is 1. The van der Waals surface area contributed by atoms with Crippen molar-refractivity contribution in [3.05, 3.63) is 0 Å². The van der Waals surface area contributed by atoms with E-state index in [1.165, 1.54) is 0 Å². The van der Waals surface area contributed by atoms with Crippen LogP contribution in [0.2, 0.25) is 0 Å². The molecule has 4 aliphatic carbocycles. The Morgan fingerprint density at radius 2 is 1.25 bits per heavy atom. The second kappa shape index (κ2) is 18.0. The Morgan fingerprint density at radius 3 is 1.92 bits per heavy atom. The molecule has 5 heterocycles. The number of hydrogen-bond acceptors (Lipinski definition) is 19. The molecule has 9 aliphatic rings. The summed E-state index contributed by atoms with van der Waals surface area (Å²) in [7, 11) is 0. The van der Waals surface area contributed by atoms with Gasteiger partial charge in [0, 0.05) is 30.1 Å². The van der Waals surface area contributed by atoms with E-state index < -0.39 is 123 Å². The van der Waals surface area contributed by atoms with Gasteiger partial charge in [0.1, 0.15) is 79.0 Å². The molecule has 10 N–H and O–H groups in total. The molecule has 0 aromatic rings. The maximum absolute atomic E-state index is 14.6. The van der Waals surface area contributed by atoms with Crippen LogP contribution in [0, 0.1) is 52.3 Å². The first-order chi connectivity index (χ1) is 30.4. The van der Waals surface area contributed by atoms with Crippen LogP contribution in [0.15, 0.2) is 0 Å². The highest BCUT2D eigenvalue weighted by Gasteiger charge is 2.72. The highest BCUT2D eigenvalue weighted by Crippen LogP contribution is 2.70. The molecule has 366 valence electrons. The molecular formula is C45H72O19. The molecule has 0 amide bonds. The van der Waals surface area contributed by atoms with E-state index in [0.717, 1.165) is 38.5 Å². The largest absolute Gasteiger partial charge is 0.394 e. The van der Waals surface area contributed by atoms with Gasteiger partial charge in [0.25, 0.3) is 0 Å². The van der Waals surface area contributed by atoms with E-state index in [1.807, 2.05) is 0 Å². The fourth-order valence-corrected chi connectivity index (χ4v) is 14.4. The van der Waals surface area contributed by atoms with Gasteiger partial charge in [-0.2, -0.15) is 0 Å². The zero-order valence-corrected chi connectivity index (χ0v) is 37.2. The fraction of sp³-hybridized carbons (Fsp3) is 0.978. The number of carbonyl (C=O) groups excluding carboxylic acids is 1. The predicted molar refractivity (Wildman–Crippen MR) is 216 cm³/mol. The van der Waals surface area contributed by atoms with E-state index in [-0.39, 0.29) is 47.2 Å². The third kappa shape index (κ3) is 7.67. The number of ketones is 1. The van der Waals surface area contributed by atoms with Crippen molar-refractivity contribution in [3.63, 3.8) is 0 Å². The number of aliphatic hydroxyl groups excluding tert-OH is 10. The van der Waals surface area contributed by atoms with Gasteiger partial charge in [0.05, 0.1) is 38.6 Å². The molecule has 64 heavy (non-hydrogen) atoms. The molecule has 0 aromatic heterocycles. The van der Waals surface area contributed by atoms with Crippen LogP contribution in [0.4, 0.5) is 0 Å². The number of ether oxygens (including phenoxy) is 8. The van der Waals surface area contributed by atoms with Crippen molar-refractivity contribution in [2.75, 3.05) is 26.4 Å². The quantitative estimate of drug-likeness (QED) is 0.117. The molecule has 9 fully saturated rings. The van der Waals surface area contributed by atoms with Crippen molar-refractivity contribution in [2.45, 2.75) is 196 Å². The summed E-state index contributed by atoms with van der Waals surface area (Å²) in [4.78, 5) is 14.6. The number of rotatable bonds is 9. The third-order valence-electron chi connectivity index (χ3n) is 18.2. The fourth-order valence-electron chi connectivity index (χ4n) is 14.4. The molecule has 0 bridgehead atoms. The normalized spacial score (nSPS) is 57.5. The molecule has 9 rings (SSSR count). The Balaban J connectivity index is 0.844. The van der Waals surface area contributed by atoms with Crippen LogP contribution in [0.3, 0.4) is 0 Å². The van der Waals surface area contributed by atoms with Gasteiger partial charge >= 0.3 is 0 Å². The Kier molecular flexibility index (Phi) is 13.5. The molecule has 19 heteroatoms. The molecule has 19 nitrogen and oxygen atoms in total. The van der Waals surface area contributed by atoms with Crippen LogP contribution in [-0.2, 0) is 42.7 Å². The smallest absolute Gasteiger partial charge is 0.187 e. The van der Waals surface area contributed by atoms with Crippen LogP contribution in [-0.4, -0.2) is 193 Å².